The van der Waals surface area contributed by atoms with Crippen LogP contribution in [0.4, 0.5) is 17.1 Å². The van der Waals surface area contributed by atoms with Crippen LogP contribution in [0.25, 0.3) is 55.3 Å². The van der Waals surface area contributed by atoms with Gasteiger partial charge in [0, 0.05) is 22.5 Å². The van der Waals surface area contributed by atoms with Gasteiger partial charge in [-0.15, -0.1) is 0 Å². The van der Waals surface area contributed by atoms with Crippen molar-refractivity contribution in [1.82, 2.24) is 0 Å². The minimum Gasteiger partial charge on any atom is -0.311 e. The van der Waals surface area contributed by atoms with Crippen molar-refractivity contribution in [1.29, 1.82) is 0 Å². The third-order valence-electron chi connectivity index (χ3n) is 15.0. The van der Waals surface area contributed by atoms with Crippen LogP contribution in [-0.2, 0) is 5.41 Å². The first-order chi connectivity index (χ1) is 33.6. The monoisotopic (exact) mass is 881 g/mol. The van der Waals surface area contributed by atoms with Gasteiger partial charge in [0.25, 0.3) is 0 Å². The summed E-state index contributed by atoms with van der Waals surface area (Å²) in [7, 11) is -2.73. The smallest absolute Gasteiger partial charge is 0.180 e. The van der Waals surface area contributed by atoms with Crippen molar-refractivity contribution in [2.75, 3.05) is 4.90 Å². The van der Waals surface area contributed by atoms with Gasteiger partial charge in [0.2, 0.25) is 0 Å². The van der Waals surface area contributed by atoms with Crippen LogP contribution >= 0.6 is 0 Å². The van der Waals surface area contributed by atoms with Gasteiger partial charge in [-0.25, -0.2) is 0 Å². The summed E-state index contributed by atoms with van der Waals surface area (Å²) < 4.78 is 0. The zero-order chi connectivity index (χ0) is 45.2. The second-order valence-corrected chi connectivity index (χ2v) is 22.3. The number of anilines is 3. The number of hydrogen-bond donors (Lipinski definition) is 0. The fourth-order valence-electron chi connectivity index (χ4n) is 11.8. The molecule has 0 saturated carbocycles. The summed E-state index contributed by atoms with van der Waals surface area (Å²) in [5, 5.41) is 8.15. The summed E-state index contributed by atoms with van der Waals surface area (Å²) in [5.41, 5.74) is 17.3. The molecular formula is C66H47NSi. The van der Waals surface area contributed by atoms with Crippen molar-refractivity contribution in [3.05, 3.63) is 284 Å². The van der Waals surface area contributed by atoms with Crippen molar-refractivity contribution in [3.63, 3.8) is 0 Å². The molecule has 2 aliphatic rings. The average Bonchev–Trinajstić information content (AvgIpc) is 3.87. The summed E-state index contributed by atoms with van der Waals surface area (Å²) in [4.78, 5) is 2.45. The molecule has 68 heavy (non-hydrogen) atoms. The Balaban J connectivity index is 0.942. The molecule has 0 saturated heterocycles. The summed E-state index contributed by atoms with van der Waals surface area (Å²) >= 11 is 0. The molecule has 1 aliphatic carbocycles. The lowest BCUT2D eigenvalue weighted by atomic mass is 9.74. The number of rotatable bonds is 8. The summed E-state index contributed by atoms with van der Waals surface area (Å²) in [6, 6.07) is 99.8. The molecule has 0 spiro atoms. The van der Waals surface area contributed by atoms with E-state index in [2.05, 4.69) is 279 Å². The van der Waals surface area contributed by atoms with Crippen LogP contribution in [-0.4, -0.2) is 8.07 Å². The third kappa shape index (κ3) is 6.15. The van der Waals surface area contributed by atoms with Gasteiger partial charge < -0.3 is 4.90 Å². The van der Waals surface area contributed by atoms with E-state index in [0.717, 1.165) is 17.1 Å². The molecule has 0 N–H and O–H groups in total. The molecule has 1 heterocycles. The summed E-state index contributed by atoms with van der Waals surface area (Å²) in [6.45, 7) is 2.39. The lowest BCUT2D eigenvalue weighted by molar-refractivity contribution is 0.714. The number of benzene rings is 11. The highest BCUT2D eigenvalue weighted by Crippen LogP contribution is 2.52. The Bertz CT molecular complexity index is 3610. The van der Waals surface area contributed by atoms with E-state index in [1.807, 2.05) is 0 Å². The molecule has 2 heteroatoms. The van der Waals surface area contributed by atoms with Crippen LogP contribution in [0.15, 0.2) is 267 Å². The van der Waals surface area contributed by atoms with E-state index in [-0.39, 0.29) is 5.41 Å². The van der Waals surface area contributed by atoms with E-state index in [1.54, 1.807) is 0 Å². The molecular weight excluding hydrogens is 835 g/mol. The first kappa shape index (κ1) is 40.0. The molecule has 0 unspecified atom stereocenters. The molecule has 1 aliphatic heterocycles. The largest absolute Gasteiger partial charge is 0.311 e. The first-order valence-electron chi connectivity index (χ1n) is 23.7. The molecule has 0 fully saturated rings. The van der Waals surface area contributed by atoms with Gasteiger partial charge in [-0.05, 0) is 148 Å². The highest BCUT2D eigenvalue weighted by molar-refractivity contribution is 7.22. The third-order valence-corrected chi connectivity index (χ3v) is 19.9. The first-order valence-corrected chi connectivity index (χ1v) is 25.7. The van der Waals surface area contributed by atoms with Crippen molar-refractivity contribution in [2.45, 2.75) is 12.3 Å². The molecule has 0 amide bonds. The van der Waals surface area contributed by atoms with Crippen LogP contribution in [0, 0.1) is 0 Å². The molecule has 1 nitrogen and oxygen atoms in total. The highest BCUT2D eigenvalue weighted by atomic mass is 28.3. The van der Waals surface area contributed by atoms with Gasteiger partial charge in [-0.1, -0.05) is 218 Å². The summed E-state index contributed by atoms with van der Waals surface area (Å²) in [6.07, 6.45) is 0. The minimum atomic E-state index is -2.73. The molecule has 11 aromatic carbocycles. The molecule has 0 bridgehead atoms. The fourth-order valence-corrected chi connectivity index (χ4v) is 17.0. The number of fused-ring (bicyclic) bond motifs is 7. The Morgan fingerprint density at radius 3 is 1.43 bits per heavy atom. The average molecular weight is 882 g/mol. The topological polar surface area (TPSA) is 3.24 Å². The minimum absolute atomic E-state index is 0.259. The highest BCUT2D eigenvalue weighted by Gasteiger charge is 2.48. The van der Waals surface area contributed by atoms with Crippen molar-refractivity contribution in [2.24, 2.45) is 0 Å². The van der Waals surface area contributed by atoms with E-state index in [4.69, 9.17) is 0 Å². The molecule has 0 aromatic heterocycles. The van der Waals surface area contributed by atoms with E-state index >= 15 is 0 Å². The maximum atomic E-state index is 2.49. The fraction of sp³-hybridized carbons (Fsp3) is 0.0303. The molecule has 320 valence electrons. The van der Waals surface area contributed by atoms with Crippen molar-refractivity contribution < 1.29 is 0 Å². The summed E-state index contributed by atoms with van der Waals surface area (Å²) in [5.74, 6) is 0. The second-order valence-electron chi connectivity index (χ2n) is 18.5. The molecule has 13 rings (SSSR count). The zero-order valence-electron chi connectivity index (χ0n) is 37.9. The van der Waals surface area contributed by atoms with Gasteiger partial charge in [-0.3, -0.25) is 0 Å². The van der Waals surface area contributed by atoms with Gasteiger partial charge >= 0.3 is 0 Å². The quantitative estimate of drug-likeness (QED) is 0.137. The Morgan fingerprint density at radius 2 is 0.794 bits per heavy atom. The maximum Gasteiger partial charge on any atom is 0.180 e. The predicted octanol–water partition coefficient (Wildman–Crippen LogP) is 14.3. The normalized spacial score (nSPS) is 13.6. The lowest BCUT2D eigenvalue weighted by Gasteiger charge is -2.33. The molecule has 0 atom stereocenters. The van der Waals surface area contributed by atoms with Crippen LogP contribution in [0.3, 0.4) is 0 Å². The molecule has 0 radical (unpaired) electrons. The van der Waals surface area contributed by atoms with Gasteiger partial charge in [-0.2, -0.15) is 0 Å². The maximum absolute atomic E-state index is 2.73. The van der Waals surface area contributed by atoms with E-state index < -0.39 is 8.07 Å². The number of hydrogen-bond acceptors (Lipinski definition) is 1. The Hall–Kier alpha value is -8.30. The van der Waals surface area contributed by atoms with Crippen molar-refractivity contribution in [3.8, 4) is 44.5 Å². The van der Waals surface area contributed by atoms with Crippen LogP contribution < -0.4 is 25.6 Å². The molecule has 11 aromatic rings. The van der Waals surface area contributed by atoms with E-state index in [9.17, 15) is 0 Å². The van der Waals surface area contributed by atoms with Gasteiger partial charge in [0.1, 0.15) is 0 Å². The second kappa shape index (κ2) is 15.9. The van der Waals surface area contributed by atoms with E-state index in [0.29, 0.717) is 0 Å². The van der Waals surface area contributed by atoms with Crippen molar-refractivity contribution >= 4 is 56.7 Å². The lowest BCUT2D eigenvalue weighted by Crippen LogP contribution is -2.72. The Labute approximate surface area is 399 Å². The Morgan fingerprint density at radius 1 is 0.309 bits per heavy atom. The van der Waals surface area contributed by atoms with Crippen LogP contribution in [0.2, 0.25) is 0 Å². The van der Waals surface area contributed by atoms with Crippen LogP contribution in [0.1, 0.15) is 23.6 Å². The zero-order valence-corrected chi connectivity index (χ0v) is 38.9. The number of nitrogens with zero attached hydrogens (tertiary/aromatic N) is 1. The Kier molecular flexibility index (Phi) is 9.38. The predicted molar refractivity (Wildman–Crippen MR) is 290 cm³/mol. The SMILES string of the molecule is CC1(c2cccc(-c3ccc(N(c4ccc(-c5ccc6ccccc6c5)cc4)c4cccc([Si]5(c6ccccc6)c6ccccc6-c6ccccc65)c4)cc3)c2)c2ccccc2-c2ccccc21. The van der Waals surface area contributed by atoms with Gasteiger partial charge in [0.05, 0.1) is 0 Å². The van der Waals surface area contributed by atoms with Gasteiger partial charge in [0.15, 0.2) is 8.07 Å². The van der Waals surface area contributed by atoms with Crippen LogP contribution in [0.5, 0.6) is 0 Å². The standard InChI is InChI=1S/C66H47NSi/c1-66(62-29-11-7-25-58(62)59-26-8-12-30-63(59)66)52-20-15-19-50(44-52)47-35-39-53(40-36-47)67(54-41-37-48(38-42-54)51-34-33-46-17-5-6-18-49(46)43-51)55-21-16-24-57(45-55)68(56-22-3-2-4-23-56)64-31-13-9-27-60(64)61-28-10-14-32-65(61)68/h2-45H,1H3. The van der Waals surface area contributed by atoms with E-state index in [1.165, 1.54) is 92.7 Å².